The number of hydrogen-bond acceptors (Lipinski definition) is 3. The lowest BCUT2D eigenvalue weighted by atomic mass is 9.92. The lowest BCUT2D eigenvalue weighted by molar-refractivity contribution is -0.134. The molecule has 0 N–H and O–H groups in total. The lowest BCUT2D eigenvalue weighted by Crippen LogP contribution is -2.45. The minimum absolute atomic E-state index is 0.0643. The van der Waals surface area contributed by atoms with Crippen LogP contribution in [0.25, 0.3) is 10.8 Å². The van der Waals surface area contributed by atoms with Crippen LogP contribution < -0.4 is 5.56 Å². The molecule has 4 rings (SSSR count). The fourth-order valence-electron chi connectivity index (χ4n) is 4.89. The van der Waals surface area contributed by atoms with Crippen molar-refractivity contribution in [1.82, 2.24) is 19.2 Å². The summed E-state index contributed by atoms with van der Waals surface area (Å²) in [4.78, 5) is 27.9. The highest BCUT2D eigenvalue weighted by atomic mass is 19.1. The Hall–Kier alpha value is -2.96. The van der Waals surface area contributed by atoms with Crippen LogP contribution in [0.15, 0.2) is 35.3 Å². The minimum atomic E-state index is -0.281. The first-order valence-electron chi connectivity index (χ1n) is 10.8. The van der Waals surface area contributed by atoms with Crippen molar-refractivity contribution in [3.05, 3.63) is 63.6 Å². The van der Waals surface area contributed by atoms with Crippen molar-refractivity contribution in [2.24, 2.45) is 11.8 Å². The maximum Gasteiger partial charge on any atom is 0.276 e. The fraction of sp³-hybridized carbons (Fsp3) is 0.458. The van der Waals surface area contributed by atoms with Crippen molar-refractivity contribution in [3.63, 3.8) is 0 Å². The molecule has 0 radical (unpaired) electrons. The summed E-state index contributed by atoms with van der Waals surface area (Å²) in [5.74, 6) is 0.562. The molecule has 0 saturated carbocycles. The Morgan fingerprint density at radius 2 is 1.81 bits per heavy atom. The Morgan fingerprint density at radius 3 is 2.48 bits per heavy atom. The van der Waals surface area contributed by atoms with E-state index in [1.54, 1.807) is 24.4 Å². The normalized spacial score (nSPS) is 19.2. The van der Waals surface area contributed by atoms with Gasteiger partial charge in [0.1, 0.15) is 12.4 Å². The third-order valence-corrected chi connectivity index (χ3v) is 6.40. The van der Waals surface area contributed by atoms with Crippen molar-refractivity contribution in [2.45, 2.75) is 47.2 Å². The number of nitrogens with zero attached hydrogens (tertiary/aromatic N) is 4. The van der Waals surface area contributed by atoms with Gasteiger partial charge in [0.15, 0.2) is 0 Å². The second-order valence-electron chi connectivity index (χ2n) is 8.99. The molecule has 6 nitrogen and oxygen atoms in total. The summed E-state index contributed by atoms with van der Waals surface area (Å²) in [5.41, 5.74) is 1.89. The van der Waals surface area contributed by atoms with E-state index in [9.17, 15) is 14.0 Å². The number of aromatic nitrogens is 3. The van der Waals surface area contributed by atoms with Crippen LogP contribution >= 0.6 is 0 Å². The number of hydrogen-bond donors (Lipinski definition) is 0. The van der Waals surface area contributed by atoms with Crippen molar-refractivity contribution < 1.29 is 9.18 Å². The molecule has 2 aromatic heterocycles. The average Bonchev–Trinajstić information content (AvgIpc) is 2.96. The van der Waals surface area contributed by atoms with Crippen LogP contribution in [0.5, 0.6) is 0 Å². The molecule has 31 heavy (non-hydrogen) atoms. The topological polar surface area (TPSA) is 60.1 Å². The van der Waals surface area contributed by atoms with Gasteiger partial charge in [0.25, 0.3) is 5.56 Å². The van der Waals surface area contributed by atoms with Crippen LogP contribution in [-0.4, -0.2) is 38.2 Å². The fourth-order valence-corrected chi connectivity index (χ4v) is 4.89. The van der Waals surface area contributed by atoms with E-state index in [-0.39, 0.29) is 23.8 Å². The average molecular weight is 425 g/mol. The second-order valence-corrected chi connectivity index (χ2v) is 8.99. The SMILES string of the molecule is Cc1c2cnn(CC(=O)N3C[C@H](C)C[C@H](C)C3)c(=O)c2c(C)n1Cc1ccccc1F. The molecule has 1 fully saturated rings. The molecule has 1 aliphatic heterocycles. The van der Waals surface area contributed by atoms with Crippen LogP contribution in [-0.2, 0) is 17.9 Å². The molecule has 1 saturated heterocycles. The molecule has 1 amide bonds. The van der Waals surface area contributed by atoms with Gasteiger partial charge in [-0.2, -0.15) is 5.10 Å². The zero-order valence-electron chi connectivity index (χ0n) is 18.6. The van der Waals surface area contributed by atoms with Gasteiger partial charge >= 0.3 is 0 Å². The number of piperidine rings is 1. The van der Waals surface area contributed by atoms with E-state index < -0.39 is 0 Å². The largest absolute Gasteiger partial charge is 0.343 e. The van der Waals surface area contributed by atoms with E-state index >= 15 is 0 Å². The number of aryl methyl sites for hydroxylation is 2. The number of amides is 1. The van der Waals surface area contributed by atoms with Crippen LogP contribution in [0, 0.1) is 31.5 Å². The van der Waals surface area contributed by atoms with E-state index in [4.69, 9.17) is 0 Å². The molecule has 164 valence electrons. The molecule has 1 aliphatic rings. The Morgan fingerprint density at radius 1 is 1.13 bits per heavy atom. The highest BCUT2D eigenvalue weighted by Crippen LogP contribution is 2.24. The summed E-state index contributed by atoms with van der Waals surface area (Å²) >= 11 is 0. The van der Waals surface area contributed by atoms with Gasteiger partial charge in [-0.05, 0) is 38.2 Å². The molecule has 0 spiro atoms. The first kappa shape index (κ1) is 21.3. The van der Waals surface area contributed by atoms with Crippen LogP contribution in [0.2, 0.25) is 0 Å². The minimum Gasteiger partial charge on any atom is -0.343 e. The van der Waals surface area contributed by atoms with Gasteiger partial charge in [-0.3, -0.25) is 9.59 Å². The Bertz CT molecular complexity index is 1190. The summed E-state index contributed by atoms with van der Waals surface area (Å²) in [6.45, 7) is 9.77. The molecule has 7 heteroatoms. The van der Waals surface area contributed by atoms with Crippen LogP contribution in [0.1, 0.15) is 37.2 Å². The standard InChI is InChI=1S/C24H29FN4O2/c1-15-9-16(2)12-27(11-15)22(30)14-29-24(31)23-18(4)28(17(3)20(23)10-26-29)13-19-7-5-6-8-21(19)25/h5-8,10,15-16H,9,11-14H2,1-4H3/t15-,16+. The summed E-state index contributed by atoms with van der Waals surface area (Å²) in [5, 5.41) is 5.57. The Kier molecular flexibility index (Phi) is 5.69. The zero-order valence-corrected chi connectivity index (χ0v) is 18.6. The van der Waals surface area contributed by atoms with Gasteiger partial charge in [-0.1, -0.05) is 32.0 Å². The van der Waals surface area contributed by atoms with Gasteiger partial charge in [-0.25, -0.2) is 9.07 Å². The van der Waals surface area contributed by atoms with Gasteiger partial charge in [0.2, 0.25) is 5.91 Å². The highest BCUT2D eigenvalue weighted by molar-refractivity contribution is 5.87. The number of halogens is 1. The molecule has 0 bridgehead atoms. The van der Waals surface area contributed by atoms with E-state index in [0.717, 1.165) is 36.3 Å². The first-order valence-corrected chi connectivity index (χ1v) is 10.8. The summed E-state index contributed by atoms with van der Waals surface area (Å²) in [6.07, 6.45) is 2.76. The third kappa shape index (κ3) is 4.01. The Balaban J connectivity index is 1.66. The lowest BCUT2D eigenvalue weighted by Gasteiger charge is -2.35. The number of carbonyl (C=O) groups excluding carboxylic acids is 1. The van der Waals surface area contributed by atoms with Gasteiger partial charge in [0.05, 0.1) is 18.1 Å². The smallest absolute Gasteiger partial charge is 0.276 e. The maximum atomic E-state index is 14.2. The van der Waals surface area contributed by atoms with Crippen molar-refractivity contribution in [1.29, 1.82) is 0 Å². The summed E-state index contributed by atoms with van der Waals surface area (Å²) in [6, 6.07) is 6.64. The molecule has 0 aliphatic carbocycles. The monoisotopic (exact) mass is 424 g/mol. The van der Waals surface area contributed by atoms with E-state index in [1.807, 2.05) is 23.3 Å². The first-order chi connectivity index (χ1) is 14.8. The third-order valence-electron chi connectivity index (χ3n) is 6.40. The van der Waals surface area contributed by atoms with Crippen LogP contribution in [0.3, 0.4) is 0 Å². The molecule has 0 unspecified atom stereocenters. The van der Waals surface area contributed by atoms with E-state index in [0.29, 0.717) is 29.3 Å². The predicted octanol–water partition coefficient (Wildman–Crippen LogP) is 3.51. The van der Waals surface area contributed by atoms with E-state index in [2.05, 4.69) is 18.9 Å². The predicted molar refractivity (Wildman–Crippen MR) is 118 cm³/mol. The second kappa shape index (κ2) is 8.29. The van der Waals surface area contributed by atoms with Gasteiger partial charge in [0, 0.05) is 35.4 Å². The van der Waals surface area contributed by atoms with Crippen LogP contribution in [0.4, 0.5) is 4.39 Å². The molecule has 3 heterocycles. The van der Waals surface area contributed by atoms with Crippen molar-refractivity contribution >= 4 is 16.7 Å². The van der Waals surface area contributed by atoms with Crippen molar-refractivity contribution in [2.75, 3.05) is 13.1 Å². The summed E-state index contributed by atoms with van der Waals surface area (Å²) in [7, 11) is 0. The van der Waals surface area contributed by atoms with Gasteiger partial charge < -0.3 is 9.47 Å². The van der Waals surface area contributed by atoms with Gasteiger partial charge in [-0.15, -0.1) is 0 Å². The molecular formula is C24H29FN4O2. The Labute approximate surface area is 181 Å². The number of benzene rings is 1. The maximum absolute atomic E-state index is 14.2. The quantitative estimate of drug-likeness (QED) is 0.644. The number of rotatable bonds is 4. The number of carbonyl (C=O) groups is 1. The molecule has 2 atom stereocenters. The van der Waals surface area contributed by atoms with Crippen molar-refractivity contribution in [3.8, 4) is 0 Å². The summed E-state index contributed by atoms with van der Waals surface area (Å²) < 4.78 is 17.4. The zero-order chi connectivity index (χ0) is 22.3. The van der Waals surface area contributed by atoms with E-state index in [1.165, 1.54) is 10.7 Å². The molecular weight excluding hydrogens is 395 g/mol. The number of likely N-dealkylation sites (tertiary alicyclic amines) is 1. The number of fused-ring (bicyclic) bond motifs is 1. The highest BCUT2D eigenvalue weighted by Gasteiger charge is 2.26. The molecule has 3 aromatic rings. The molecule has 1 aromatic carbocycles.